The molecule has 0 amide bonds. The maximum atomic E-state index is 13.2. The Labute approximate surface area is 196 Å². The van der Waals surface area contributed by atoms with Crippen molar-refractivity contribution in [2.24, 2.45) is 0 Å². The predicted octanol–water partition coefficient (Wildman–Crippen LogP) is 6.17. The number of thiazole rings is 1. The van der Waals surface area contributed by atoms with Crippen molar-refractivity contribution in [2.45, 2.75) is 63.0 Å². The van der Waals surface area contributed by atoms with Crippen LogP contribution in [0.3, 0.4) is 0 Å². The largest absolute Gasteiger partial charge is 0.348 e. The molecule has 32 heavy (non-hydrogen) atoms. The van der Waals surface area contributed by atoms with Crippen LogP contribution in [0.15, 0.2) is 52.7 Å². The predicted molar refractivity (Wildman–Crippen MR) is 135 cm³/mol. The lowest BCUT2D eigenvalue weighted by atomic mass is 9.87. The van der Waals surface area contributed by atoms with Crippen molar-refractivity contribution < 1.29 is 8.42 Å². The Morgan fingerprint density at radius 2 is 1.56 bits per heavy atom. The zero-order valence-corrected chi connectivity index (χ0v) is 21.2. The summed E-state index contributed by atoms with van der Waals surface area (Å²) in [5.41, 5.74) is 5.82. The molecule has 2 heterocycles. The van der Waals surface area contributed by atoms with E-state index >= 15 is 0 Å². The van der Waals surface area contributed by atoms with Gasteiger partial charge in [-0.15, -0.1) is 11.3 Å². The van der Waals surface area contributed by atoms with Gasteiger partial charge < -0.3 is 4.90 Å². The van der Waals surface area contributed by atoms with E-state index in [1.807, 2.05) is 12.1 Å². The molecule has 3 aromatic rings. The minimum absolute atomic E-state index is 0.0109. The molecule has 2 aromatic carbocycles. The Hall–Kier alpha value is -2.18. The third-order valence-corrected chi connectivity index (χ3v) is 9.61. The highest BCUT2D eigenvalue weighted by molar-refractivity contribution is 7.92. The first-order valence-electron chi connectivity index (χ1n) is 11.2. The highest BCUT2D eigenvalue weighted by Crippen LogP contribution is 2.34. The smallest absolute Gasteiger partial charge is 0.185 e. The van der Waals surface area contributed by atoms with Gasteiger partial charge in [-0.1, -0.05) is 51.1 Å². The van der Waals surface area contributed by atoms with E-state index in [4.69, 9.17) is 4.98 Å². The summed E-state index contributed by atoms with van der Waals surface area (Å²) in [6, 6.07) is 13.8. The summed E-state index contributed by atoms with van der Waals surface area (Å²) in [5.74, 6) is 0. The van der Waals surface area contributed by atoms with E-state index in [0.29, 0.717) is 30.8 Å². The molecule has 170 valence electrons. The van der Waals surface area contributed by atoms with Crippen LogP contribution in [0, 0.1) is 13.8 Å². The number of aryl methyl sites for hydroxylation is 2. The minimum Gasteiger partial charge on any atom is -0.348 e. The van der Waals surface area contributed by atoms with Crippen molar-refractivity contribution in [1.82, 2.24) is 4.98 Å². The molecule has 6 heteroatoms. The van der Waals surface area contributed by atoms with Crippen molar-refractivity contribution in [2.75, 3.05) is 18.0 Å². The van der Waals surface area contributed by atoms with Gasteiger partial charge in [0.2, 0.25) is 0 Å². The summed E-state index contributed by atoms with van der Waals surface area (Å²) in [7, 11) is -3.32. The second-order valence-electron chi connectivity index (χ2n) is 9.79. The van der Waals surface area contributed by atoms with Crippen LogP contribution in [0.4, 0.5) is 5.13 Å². The molecule has 0 bridgehead atoms. The van der Waals surface area contributed by atoms with Crippen LogP contribution in [-0.4, -0.2) is 31.7 Å². The van der Waals surface area contributed by atoms with Crippen LogP contribution in [0.1, 0.15) is 50.3 Å². The quantitative estimate of drug-likeness (QED) is 0.460. The van der Waals surface area contributed by atoms with Crippen molar-refractivity contribution in [3.8, 4) is 11.3 Å². The average Bonchev–Trinajstić information content (AvgIpc) is 3.23. The summed E-state index contributed by atoms with van der Waals surface area (Å²) < 4.78 is 26.4. The first-order valence-corrected chi connectivity index (χ1v) is 13.6. The van der Waals surface area contributed by atoms with Gasteiger partial charge >= 0.3 is 0 Å². The molecule has 0 spiro atoms. The number of anilines is 1. The molecule has 0 saturated carbocycles. The number of hydrogen-bond acceptors (Lipinski definition) is 5. The van der Waals surface area contributed by atoms with Gasteiger partial charge in [0.25, 0.3) is 0 Å². The summed E-state index contributed by atoms with van der Waals surface area (Å²) in [4.78, 5) is 7.57. The highest BCUT2D eigenvalue weighted by atomic mass is 32.2. The Morgan fingerprint density at radius 1 is 0.969 bits per heavy atom. The van der Waals surface area contributed by atoms with Gasteiger partial charge in [-0.05, 0) is 60.9 Å². The van der Waals surface area contributed by atoms with Crippen LogP contribution in [0.2, 0.25) is 0 Å². The van der Waals surface area contributed by atoms with Crippen LogP contribution in [0.5, 0.6) is 0 Å². The lowest BCUT2D eigenvalue weighted by molar-refractivity contribution is 0.529. The molecule has 0 aliphatic carbocycles. The fourth-order valence-corrected chi connectivity index (χ4v) is 7.04. The molecule has 1 aliphatic heterocycles. The van der Waals surface area contributed by atoms with Gasteiger partial charge in [0, 0.05) is 24.0 Å². The molecule has 4 nitrogen and oxygen atoms in total. The summed E-state index contributed by atoms with van der Waals surface area (Å²) in [6.45, 7) is 12.1. The molecule has 1 fully saturated rings. The van der Waals surface area contributed by atoms with Crippen LogP contribution >= 0.6 is 11.3 Å². The van der Waals surface area contributed by atoms with E-state index in [1.54, 1.807) is 23.5 Å². The Morgan fingerprint density at radius 3 is 2.12 bits per heavy atom. The third-order valence-electron chi connectivity index (χ3n) is 6.43. The molecule has 4 rings (SSSR count). The Bertz CT molecular complexity index is 1180. The number of rotatable bonds is 4. The number of aromatic nitrogens is 1. The van der Waals surface area contributed by atoms with Crippen LogP contribution in [-0.2, 0) is 15.3 Å². The number of piperidine rings is 1. The van der Waals surface area contributed by atoms with E-state index < -0.39 is 9.84 Å². The summed E-state index contributed by atoms with van der Waals surface area (Å²) >= 11 is 1.64. The monoisotopic (exact) mass is 468 g/mol. The first-order chi connectivity index (χ1) is 15.1. The van der Waals surface area contributed by atoms with Gasteiger partial charge in [0.15, 0.2) is 15.0 Å². The van der Waals surface area contributed by atoms with Gasteiger partial charge in [0.1, 0.15) is 0 Å². The van der Waals surface area contributed by atoms with Crippen molar-refractivity contribution in [3.05, 3.63) is 64.5 Å². The second kappa shape index (κ2) is 8.64. The number of sulfone groups is 1. The molecule has 1 saturated heterocycles. The lowest BCUT2D eigenvalue weighted by Crippen LogP contribution is -2.39. The Balaban J connectivity index is 1.46. The van der Waals surface area contributed by atoms with Gasteiger partial charge in [-0.3, -0.25) is 0 Å². The first kappa shape index (κ1) is 23.0. The van der Waals surface area contributed by atoms with Crippen LogP contribution < -0.4 is 4.90 Å². The third kappa shape index (κ3) is 4.48. The Kier molecular flexibility index (Phi) is 6.21. The summed E-state index contributed by atoms with van der Waals surface area (Å²) in [5, 5.41) is 2.76. The van der Waals surface area contributed by atoms with Gasteiger partial charge in [0.05, 0.1) is 15.8 Å². The molecular formula is C26H32N2O2S2. The normalized spacial score (nSPS) is 15.8. The zero-order valence-electron chi connectivity index (χ0n) is 19.6. The van der Waals surface area contributed by atoms with E-state index in [9.17, 15) is 8.42 Å². The average molecular weight is 469 g/mol. The molecule has 0 N–H and O–H groups in total. The van der Waals surface area contributed by atoms with Crippen molar-refractivity contribution in [3.63, 3.8) is 0 Å². The van der Waals surface area contributed by atoms with E-state index in [2.05, 4.69) is 63.1 Å². The molecule has 1 aliphatic rings. The maximum absolute atomic E-state index is 13.2. The van der Waals surface area contributed by atoms with Crippen LogP contribution in [0.25, 0.3) is 11.3 Å². The molecule has 0 radical (unpaired) electrons. The van der Waals surface area contributed by atoms with E-state index in [1.165, 1.54) is 16.7 Å². The zero-order chi connectivity index (χ0) is 23.1. The summed E-state index contributed by atoms with van der Waals surface area (Å²) in [6.07, 6.45) is 1.25. The minimum atomic E-state index is -3.32. The second-order valence-corrected chi connectivity index (χ2v) is 12.9. The fourth-order valence-electron chi connectivity index (χ4n) is 4.44. The molecule has 1 aromatic heterocycles. The molecule has 0 atom stereocenters. The van der Waals surface area contributed by atoms with Crippen molar-refractivity contribution >= 4 is 26.3 Å². The number of benzene rings is 2. The standard InChI is InChI=1S/C26H32N2O2S2/c1-18-7-6-8-19(2)24(18)23-17-31-25(27-23)28-15-13-22(14-16-28)32(29,30)21-11-9-20(10-12-21)26(3,4)5/h6-12,17,22H,13-16H2,1-5H3. The maximum Gasteiger partial charge on any atom is 0.185 e. The SMILES string of the molecule is Cc1cccc(C)c1-c1csc(N2CCC(S(=O)(=O)c3ccc(C(C)(C)C)cc3)CC2)n1. The van der Waals surface area contributed by atoms with Crippen molar-refractivity contribution in [1.29, 1.82) is 0 Å². The number of nitrogens with zero attached hydrogens (tertiary/aromatic N) is 2. The van der Waals surface area contributed by atoms with E-state index in [0.717, 1.165) is 16.4 Å². The fraction of sp³-hybridized carbons (Fsp3) is 0.423. The van der Waals surface area contributed by atoms with Gasteiger partial charge in [-0.2, -0.15) is 0 Å². The number of hydrogen-bond donors (Lipinski definition) is 0. The van der Waals surface area contributed by atoms with Gasteiger partial charge in [-0.25, -0.2) is 13.4 Å². The lowest BCUT2D eigenvalue weighted by Gasteiger charge is -2.31. The van der Waals surface area contributed by atoms with E-state index in [-0.39, 0.29) is 10.7 Å². The molecule has 0 unspecified atom stereocenters. The topological polar surface area (TPSA) is 50.3 Å². The highest BCUT2D eigenvalue weighted by Gasteiger charge is 2.32. The molecular weight excluding hydrogens is 436 g/mol.